The first-order chi connectivity index (χ1) is 7.33. The molecule has 1 unspecified atom stereocenters. The standard InChI is InChI=1S/C11H19NO3/c1-2-6-12-8-11(13)15-9-10-5-3-4-7-14-10/h2,10,12H,1,3-9H2. The van der Waals surface area contributed by atoms with Crippen molar-refractivity contribution in [3.8, 4) is 0 Å². The first-order valence-corrected chi connectivity index (χ1v) is 5.41. The monoisotopic (exact) mass is 213 g/mol. The molecule has 0 aliphatic carbocycles. The van der Waals surface area contributed by atoms with Crippen molar-refractivity contribution in [2.45, 2.75) is 25.4 Å². The Morgan fingerprint density at radius 3 is 3.13 bits per heavy atom. The molecule has 1 rings (SSSR count). The molecule has 0 aromatic heterocycles. The number of carbonyl (C=O) groups excluding carboxylic acids is 1. The van der Waals surface area contributed by atoms with Crippen molar-refractivity contribution in [1.29, 1.82) is 0 Å². The normalized spacial score (nSPS) is 20.9. The first kappa shape index (κ1) is 12.2. The summed E-state index contributed by atoms with van der Waals surface area (Å²) in [6, 6.07) is 0. The molecule has 0 aromatic carbocycles. The van der Waals surface area contributed by atoms with Gasteiger partial charge in [0, 0.05) is 13.2 Å². The highest BCUT2D eigenvalue weighted by molar-refractivity contribution is 5.71. The van der Waals surface area contributed by atoms with Crippen LogP contribution in [-0.4, -0.2) is 38.4 Å². The van der Waals surface area contributed by atoms with Gasteiger partial charge in [-0.1, -0.05) is 6.08 Å². The summed E-state index contributed by atoms with van der Waals surface area (Å²) in [7, 11) is 0. The second-order valence-corrected chi connectivity index (χ2v) is 3.59. The molecule has 86 valence electrons. The second-order valence-electron chi connectivity index (χ2n) is 3.59. The number of rotatable bonds is 6. The number of carbonyl (C=O) groups is 1. The molecule has 0 radical (unpaired) electrons. The minimum atomic E-state index is -0.231. The zero-order valence-electron chi connectivity index (χ0n) is 9.04. The van der Waals surface area contributed by atoms with E-state index in [-0.39, 0.29) is 18.6 Å². The van der Waals surface area contributed by atoms with Crippen LogP contribution in [0.15, 0.2) is 12.7 Å². The van der Waals surface area contributed by atoms with Crippen LogP contribution in [-0.2, 0) is 14.3 Å². The van der Waals surface area contributed by atoms with Crippen molar-refractivity contribution >= 4 is 5.97 Å². The maximum Gasteiger partial charge on any atom is 0.320 e. The van der Waals surface area contributed by atoms with Crippen LogP contribution >= 0.6 is 0 Å². The Morgan fingerprint density at radius 1 is 1.60 bits per heavy atom. The van der Waals surface area contributed by atoms with E-state index >= 15 is 0 Å². The lowest BCUT2D eigenvalue weighted by atomic mass is 10.1. The Hall–Kier alpha value is -0.870. The SMILES string of the molecule is C=CCNCC(=O)OCC1CCCCO1. The summed E-state index contributed by atoms with van der Waals surface area (Å²) in [5.74, 6) is -0.231. The Kier molecular flexibility index (Phi) is 6.04. The van der Waals surface area contributed by atoms with E-state index in [0.29, 0.717) is 13.2 Å². The molecule has 1 atom stereocenters. The third kappa shape index (κ3) is 5.54. The second kappa shape index (κ2) is 7.43. The van der Waals surface area contributed by atoms with Crippen molar-refractivity contribution in [3.05, 3.63) is 12.7 Å². The fraction of sp³-hybridized carbons (Fsp3) is 0.727. The van der Waals surface area contributed by atoms with Gasteiger partial charge in [-0.25, -0.2) is 0 Å². The van der Waals surface area contributed by atoms with E-state index in [1.54, 1.807) is 6.08 Å². The molecule has 15 heavy (non-hydrogen) atoms. The largest absolute Gasteiger partial charge is 0.462 e. The Labute approximate surface area is 90.6 Å². The molecule has 4 heteroatoms. The maximum atomic E-state index is 11.2. The zero-order valence-corrected chi connectivity index (χ0v) is 9.04. The van der Waals surface area contributed by atoms with Crippen LogP contribution in [0.2, 0.25) is 0 Å². The molecule has 1 aliphatic heterocycles. The summed E-state index contributed by atoms with van der Waals surface area (Å²) in [4.78, 5) is 11.2. The first-order valence-electron chi connectivity index (χ1n) is 5.41. The van der Waals surface area contributed by atoms with Gasteiger partial charge in [-0.2, -0.15) is 0 Å². The van der Waals surface area contributed by atoms with Gasteiger partial charge in [-0.15, -0.1) is 6.58 Å². The molecule has 1 fully saturated rings. The average molecular weight is 213 g/mol. The van der Waals surface area contributed by atoms with Crippen molar-refractivity contribution in [3.63, 3.8) is 0 Å². The van der Waals surface area contributed by atoms with Gasteiger partial charge in [0.25, 0.3) is 0 Å². The maximum absolute atomic E-state index is 11.2. The lowest BCUT2D eigenvalue weighted by Crippen LogP contribution is -2.30. The van der Waals surface area contributed by atoms with E-state index < -0.39 is 0 Å². The lowest BCUT2D eigenvalue weighted by Gasteiger charge is -2.22. The van der Waals surface area contributed by atoms with Gasteiger partial charge in [0.15, 0.2) is 0 Å². The Balaban J connectivity index is 2.02. The summed E-state index contributed by atoms with van der Waals surface area (Å²) < 4.78 is 10.5. The summed E-state index contributed by atoms with van der Waals surface area (Å²) >= 11 is 0. The highest BCUT2D eigenvalue weighted by atomic mass is 16.6. The summed E-state index contributed by atoms with van der Waals surface area (Å²) in [6.45, 7) is 5.57. The Morgan fingerprint density at radius 2 is 2.47 bits per heavy atom. The van der Waals surface area contributed by atoms with E-state index in [1.807, 2.05) is 0 Å². The van der Waals surface area contributed by atoms with Crippen LogP contribution in [0.25, 0.3) is 0 Å². The lowest BCUT2D eigenvalue weighted by molar-refractivity contribution is -0.147. The number of esters is 1. The van der Waals surface area contributed by atoms with Crippen LogP contribution in [0.4, 0.5) is 0 Å². The van der Waals surface area contributed by atoms with Gasteiger partial charge in [-0.3, -0.25) is 4.79 Å². The molecule has 1 heterocycles. The predicted molar refractivity (Wildman–Crippen MR) is 57.6 cm³/mol. The van der Waals surface area contributed by atoms with Crippen molar-refractivity contribution < 1.29 is 14.3 Å². The highest BCUT2D eigenvalue weighted by Gasteiger charge is 2.15. The third-order valence-electron chi connectivity index (χ3n) is 2.26. The Bertz CT molecular complexity index is 200. The molecule has 1 N–H and O–H groups in total. The third-order valence-corrected chi connectivity index (χ3v) is 2.26. The summed E-state index contributed by atoms with van der Waals surface area (Å²) in [5, 5.41) is 2.89. The van der Waals surface area contributed by atoms with Gasteiger partial charge >= 0.3 is 5.97 Å². The molecular formula is C11H19NO3. The minimum absolute atomic E-state index is 0.0992. The van der Waals surface area contributed by atoms with Gasteiger partial charge in [-0.05, 0) is 19.3 Å². The van der Waals surface area contributed by atoms with Crippen LogP contribution < -0.4 is 5.32 Å². The number of hydrogen-bond donors (Lipinski definition) is 1. The van der Waals surface area contributed by atoms with Crippen molar-refractivity contribution in [2.24, 2.45) is 0 Å². The molecule has 0 aromatic rings. The molecular weight excluding hydrogens is 194 g/mol. The number of nitrogens with one attached hydrogen (secondary N) is 1. The van der Waals surface area contributed by atoms with Crippen molar-refractivity contribution in [2.75, 3.05) is 26.3 Å². The zero-order chi connectivity index (χ0) is 10.9. The minimum Gasteiger partial charge on any atom is -0.462 e. The summed E-state index contributed by atoms with van der Waals surface area (Å²) in [5.41, 5.74) is 0. The topological polar surface area (TPSA) is 47.6 Å². The predicted octanol–water partition coefficient (Wildman–Crippen LogP) is 0.874. The quantitative estimate of drug-likeness (QED) is 0.404. The molecule has 0 saturated carbocycles. The molecule has 0 amide bonds. The average Bonchev–Trinajstić information content (AvgIpc) is 2.28. The van der Waals surface area contributed by atoms with Crippen LogP contribution in [0.5, 0.6) is 0 Å². The fourth-order valence-electron chi connectivity index (χ4n) is 1.45. The molecule has 1 aliphatic rings. The fourth-order valence-corrected chi connectivity index (χ4v) is 1.45. The van der Waals surface area contributed by atoms with Crippen LogP contribution in [0.3, 0.4) is 0 Å². The number of hydrogen-bond acceptors (Lipinski definition) is 4. The van der Waals surface area contributed by atoms with Gasteiger partial charge < -0.3 is 14.8 Å². The van der Waals surface area contributed by atoms with Crippen LogP contribution in [0, 0.1) is 0 Å². The van der Waals surface area contributed by atoms with Gasteiger partial charge in [0.05, 0.1) is 12.6 Å². The van der Waals surface area contributed by atoms with Crippen molar-refractivity contribution in [1.82, 2.24) is 5.32 Å². The molecule has 4 nitrogen and oxygen atoms in total. The van der Waals surface area contributed by atoms with Gasteiger partial charge in [0.1, 0.15) is 6.61 Å². The van der Waals surface area contributed by atoms with Crippen LogP contribution in [0.1, 0.15) is 19.3 Å². The smallest absolute Gasteiger partial charge is 0.320 e. The van der Waals surface area contributed by atoms with E-state index in [4.69, 9.17) is 9.47 Å². The number of ether oxygens (including phenoxy) is 2. The molecule has 0 bridgehead atoms. The van der Waals surface area contributed by atoms with E-state index in [0.717, 1.165) is 25.9 Å². The van der Waals surface area contributed by atoms with Gasteiger partial charge in [0.2, 0.25) is 0 Å². The van der Waals surface area contributed by atoms with E-state index in [9.17, 15) is 4.79 Å². The van der Waals surface area contributed by atoms with E-state index in [1.165, 1.54) is 0 Å². The van der Waals surface area contributed by atoms with E-state index in [2.05, 4.69) is 11.9 Å². The highest BCUT2D eigenvalue weighted by Crippen LogP contribution is 2.12. The molecule has 0 spiro atoms. The summed E-state index contributed by atoms with van der Waals surface area (Å²) in [6.07, 6.45) is 5.08. The molecule has 1 saturated heterocycles.